The zero-order valence-electron chi connectivity index (χ0n) is 9.12. The third-order valence-electron chi connectivity index (χ3n) is 1.75. The standard InChI is InChI=1S/C10H18N2OS/c1-9(2)14-8-5-10(13)12(3)7-4-6-11/h9H,4-5,7-8H2,1-3H3. The zero-order valence-corrected chi connectivity index (χ0v) is 9.93. The summed E-state index contributed by atoms with van der Waals surface area (Å²) in [6.45, 7) is 4.78. The van der Waals surface area contributed by atoms with E-state index in [1.165, 1.54) is 0 Å². The number of nitriles is 1. The number of nitrogens with zero attached hydrogens (tertiary/aromatic N) is 2. The Kier molecular flexibility index (Phi) is 7.31. The van der Waals surface area contributed by atoms with E-state index in [9.17, 15) is 4.79 Å². The minimum Gasteiger partial charge on any atom is -0.345 e. The fourth-order valence-electron chi connectivity index (χ4n) is 0.915. The summed E-state index contributed by atoms with van der Waals surface area (Å²) in [5, 5.41) is 8.93. The fraction of sp³-hybridized carbons (Fsp3) is 0.800. The van der Waals surface area contributed by atoms with Crippen molar-refractivity contribution in [1.29, 1.82) is 5.26 Å². The first kappa shape index (κ1) is 13.3. The Morgan fingerprint density at radius 1 is 1.57 bits per heavy atom. The highest BCUT2D eigenvalue weighted by Gasteiger charge is 2.07. The van der Waals surface area contributed by atoms with Crippen molar-refractivity contribution < 1.29 is 4.79 Å². The Morgan fingerprint density at radius 2 is 2.21 bits per heavy atom. The molecule has 0 aliphatic carbocycles. The molecule has 0 saturated heterocycles. The molecule has 1 amide bonds. The van der Waals surface area contributed by atoms with E-state index in [0.717, 1.165) is 5.75 Å². The molecule has 4 heteroatoms. The van der Waals surface area contributed by atoms with Gasteiger partial charge in [-0.05, 0) is 5.25 Å². The molecule has 14 heavy (non-hydrogen) atoms. The van der Waals surface area contributed by atoms with Crippen LogP contribution in [-0.2, 0) is 4.79 Å². The molecule has 0 N–H and O–H groups in total. The predicted molar refractivity (Wildman–Crippen MR) is 60.1 cm³/mol. The summed E-state index contributed by atoms with van der Waals surface area (Å²) in [5.41, 5.74) is 0. The molecule has 0 heterocycles. The Balaban J connectivity index is 3.58. The van der Waals surface area contributed by atoms with E-state index in [0.29, 0.717) is 24.6 Å². The lowest BCUT2D eigenvalue weighted by Crippen LogP contribution is -2.27. The first-order chi connectivity index (χ1) is 6.57. The summed E-state index contributed by atoms with van der Waals surface area (Å²) in [4.78, 5) is 13.1. The van der Waals surface area contributed by atoms with E-state index in [-0.39, 0.29) is 5.91 Å². The second-order valence-electron chi connectivity index (χ2n) is 3.39. The predicted octanol–water partition coefficient (Wildman–Crippen LogP) is 1.89. The number of hydrogen-bond donors (Lipinski definition) is 0. The molecule has 0 rings (SSSR count). The van der Waals surface area contributed by atoms with Gasteiger partial charge in [0.2, 0.25) is 5.91 Å². The summed E-state index contributed by atoms with van der Waals surface area (Å²) in [5.74, 6) is 1.00. The van der Waals surface area contributed by atoms with E-state index in [2.05, 4.69) is 13.8 Å². The normalized spacial score (nSPS) is 9.93. The molecule has 0 aromatic heterocycles. The molecule has 0 fully saturated rings. The van der Waals surface area contributed by atoms with Gasteiger partial charge in [0.25, 0.3) is 0 Å². The van der Waals surface area contributed by atoms with Gasteiger partial charge in [0.05, 0.1) is 12.5 Å². The van der Waals surface area contributed by atoms with E-state index in [4.69, 9.17) is 5.26 Å². The summed E-state index contributed by atoms with van der Waals surface area (Å²) in [7, 11) is 1.75. The number of amides is 1. The van der Waals surface area contributed by atoms with Crippen LogP contribution in [0.2, 0.25) is 0 Å². The van der Waals surface area contributed by atoms with Gasteiger partial charge in [-0.1, -0.05) is 13.8 Å². The highest BCUT2D eigenvalue weighted by Crippen LogP contribution is 2.10. The average Bonchev–Trinajstić information content (AvgIpc) is 2.13. The smallest absolute Gasteiger partial charge is 0.223 e. The lowest BCUT2D eigenvalue weighted by molar-refractivity contribution is -0.129. The Labute approximate surface area is 90.5 Å². The molecular formula is C10H18N2OS. The van der Waals surface area contributed by atoms with Gasteiger partial charge in [-0.15, -0.1) is 0 Å². The summed E-state index contributed by atoms with van der Waals surface area (Å²) in [6, 6.07) is 2.03. The lowest BCUT2D eigenvalue weighted by Gasteiger charge is -2.15. The Hall–Kier alpha value is -0.690. The van der Waals surface area contributed by atoms with Crippen molar-refractivity contribution in [3.05, 3.63) is 0 Å². The largest absolute Gasteiger partial charge is 0.345 e. The van der Waals surface area contributed by atoms with Crippen LogP contribution < -0.4 is 0 Å². The lowest BCUT2D eigenvalue weighted by atomic mass is 10.3. The van der Waals surface area contributed by atoms with Crippen molar-refractivity contribution in [2.45, 2.75) is 31.9 Å². The molecule has 0 saturated carbocycles. The SMILES string of the molecule is CC(C)SCCC(=O)N(C)CCC#N. The van der Waals surface area contributed by atoms with Crippen molar-refractivity contribution in [3.63, 3.8) is 0 Å². The van der Waals surface area contributed by atoms with Gasteiger partial charge in [0.1, 0.15) is 0 Å². The van der Waals surface area contributed by atoms with Crippen molar-refractivity contribution in [2.24, 2.45) is 0 Å². The van der Waals surface area contributed by atoms with Gasteiger partial charge in [0.15, 0.2) is 0 Å². The molecule has 0 spiro atoms. The van der Waals surface area contributed by atoms with Crippen LogP contribution in [0.25, 0.3) is 0 Å². The Morgan fingerprint density at radius 3 is 2.71 bits per heavy atom. The number of hydrogen-bond acceptors (Lipinski definition) is 3. The molecule has 0 aliphatic rings. The summed E-state index contributed by atoms with van der Waals surface area (Å²) < 4.78 is 0. The van der Waals surface area contributed by atoms with Gasteiger partial charge in [0, 0.05) is 25.8 Å². The molecule has 0 aliphatic heterocycles. The first-order valence-electron chi connectivity index (χ1n) is 4.80. The second-order valence-corrected chi connectivity index (χ2v) is 5.08. The van der Waals surface area contributed by atoms with Crippen molar-refractivity contribution in [3.8, 4) is 6.07 Å². The third kappa shape index (κ3) is 6.79. The maximum Gasteiger partial charge on any atom is 0.223 e. The van der Waals surface area contributed by atoms with Crippen LogP contribution in [0.4, 0.5) is 0 Å². The highest BCUT2D eigenvalue weighted by molar-refractivity contribution is 7.99. The van der Waals surface area contributed by atoms with Crippen molar-refractivity contribution in [1.82, 2.24) is 4.90 Å². The first-order valence-corrected chi connectivity index (χ1v) is 5.85. The molecule has 3 nitrogen and oxygen atoms in total. The number of rotatable bonds is 6. The number of carbonyl (C=O) groups excluding carboxylic acids is 1. The van der Waals surface area contributed by atoms with Crippen LogP contribution in [-0.4, -0.2) is 35.4 Å². The summed E-state index contributed by atoms with van der Waals surface area (Å²) >= 11 is 1.79. The minimum absolute atomic E-state index is 0.133. The molecule has 0 aromatic carbocycles. The van der Waals surface area contributed by atoms with Gasteiger partial charge in [-0.2, -0.15) is 17.0 Å². The molecule has 0 unspecified atom stereocenters. The Bertz CT molecular complexity index is 211. The average molecular weight is 214 g/mol. The quantitative estimate of drug-likeness (QED) is 0.678. The fourth-order valence-corrected chi connectivity index (χ4v) is 1.68. The second kappa shape index (κ2) is 7.69. The van der Waals surface area contributed by atoms with Gasteiger partial charge < -0.3 is 4.90 Å². The van der Waals surface area contributed by atoms with Crippen LogP contribution in [0, 0.1) is 11.3 Å². The van der Waals surface area contributed by atoms with Gasteiger partial charge >= 0.3 is 0 Å². The van der Waals surface area contributed by atoms with E-state index in [1.54, 1.807) is 23.7 Å². The van der Waals surface area contributed by atoms with Crippen LogP contribution in [0.3, 0.4) is 0 Å². The van der Waals surface area contributed by atoms with Gasteiger partial charge in [-0.25, -0.2) is 0 Å². The monoisotopic (exact) mass is 214 g/mol. The van der Waals surface area contributed by atoms with E-state index >= 15 is 0 Å². The van der Waals surface area contributed by atoms with Gasteiger partial charge in [-0.3, -0.25) is 4.79 Å². The number of thioether (sulfide) groups is 1. The minimum atomic E-state index is 0.133. The molecule has 0 bridgehead atoms. The maximum atomic E-state index is 11.4. The summed E-state index contributed by atoms with van der Waals surface area (Å²) in [6.07, 6.45) is 0.990. The van der Waals surface area contributed by atoms with Crippen molar-refractivity contribution >= 4 is 17.7 Å². The van der Waals surface area contributed by atoms with E-state index in [1.807, 2.05) is 6.07 Å². The van der Waals surface area contributed by atoms with Crippen LogP contribution >= 0.6 is 11.8 Å². The molecular weight excluding hydrogens is 196 g/mol. The third-order valence-corrected chi connectivity index (χ3v) is 2.86. The van der Waals surface area contributed by atoms with Crippen molar-refractivity contribution in [2.75, 3.05) is 19.3 Å². The van der Waals surface area contributed by atoms with Crippen LogP contribution in [0.15, 0.2) is 0 Å². The van der Waals surface area contributed by atoms with Crippen LogP contribution in [0.5, 0.6) is 0 Å². The highest BCUT2D eigenvalue weighted by atomic mass is 32.2. The van der Waals surface area contributed by atoms with Crippen LogP contribution in [0.1, 0.15) is 26.7 Å². The molecule has 80 valence electrons. The maximum absolute atomic E-state index is 11.4. The molecule has 0 aromatic rings. The van der Waals surface area contributed by atoms with E-state index < -0.39 is 0 Å². The molecule has 0 radical (unpaired) electrons. The molecule has 0 atom stereocenters. The number of carbonyl (C=O) groups is 1. The zero-order chi connectivity index (χ0) is 11.0. The topological polar surface area (TPSA) is 44.1 Å².